The third-order valence-electron chi connectivity index (χ3n) is 5.81. The number of nitriles is 1. The van der Waals surface area contributed by atoms with Crippen molar-refractivity contribution in [2.75, 3.05) is 18.0 Å². The molecule has 1 aliphatic rings. The van der Waals surface area contributed by atoms with Gasteiger partial charge in [0.05, 0.1) is 34.4 Å². The van der Waals surface area contributed by atoms with Gasteiger partial charge in [0.1, 0.15) is 6.07 Å². The first-order chi connectivity index (χ1) is 14.7. The van der Waals surface area contributed by atoms with E-state index < -0.39 is 0 Å². The summed E-state index contributed by atoms with van der Waals surface area (Å²) in [5, 5.41) is 11.3. The zero-order valence-electron chi connectivity index (χ0n) is 16.0. The van der Waals surface area contributed by atoms with Gasteiger partial charge in [0.15, 0.2) is 0 Å². The van der Waals surface area contributed by atoms with Crippen LogP contribution in [-0.4, -0.2) is 26.6 Å². The summed E-state index contributed by atoms with van der Waals surface area (Å²) in [7, 11) is 1.55. The van der Waals surface area contributed by atoms with Crippen LogP contribution in [0.1, 0.15) is 24.4 Å². The number of halogens is 1. The normalized spacial score (nSPS) is 16.8. The molecule has 2 aromatic heterocycles. The highest BCUT2D eigenvalue weighted by Gasteiger charge is 2.25. The predicted octanol–water partition coefficient (Wildman–Crippen LogP) is 4.91. The number of anilines is 1. The van der Waals surface area contributed by atoms with Crippen molar-refractivity contribution in [3.05, 3.63) is 70.9 Å². The van der Waals surface area contributed by atoms with Gasteiger partial charge in [-0.2, -0.15) is 5.26 Å². The molecule has 1 atom stereocenters. The molecule has 0 unspecified atom stereocenters. The number of nitrogens with zero attached hydrogens (tertiary/aromatic N) is 5. The second-order valence-corrected chi connectivity index (χ2v) is 9.15. The van der Waals surface area contributed by atoms with Crippen LogP contribution in [0, 0.1) is 11.3 Å². The van der Waals surface area contributed by atoms with Gasteiger partial charge < -0.3 is 4.90 Å². The molecule has 4 aromatic rings. The molecular weight excluding hydrogens is 509 g/mol. The van der Waals surface area contributed by atoms with Crippen LogP contribution in [0.15, 0.2) is 59.8 Å². The zero-order valence-corrected chi connectivity index (χ0v) is 19.0. The van der Waals surface area contributed by atoms with E-state index in [1.165, 1.54) is 0 Å². The van der Waals surface area contributed by atoms with E-state index in [1.807, 2.05) is 46.6 Å². The van der Waals surface area contributed by atoms with Crippen molar-refractivity contribution in [2.24, 2.45) is 0 Å². The summed E-state index contributed by atoms with van der Waals surface area (Å²) < 4.78 is 3.82. The maximum atomic E-state index is 13.1. The topological polar surface area (TPSA) is 66.8 Å². The van der Waals surface area contributed by atoms with E-state index in [1.54, 1.807) is 20.0 Å². The molecule has 0 amide bonds. The SMILES string of the molecule is N#Cc1ccc(N2CCC[C@@H](n3cnc4ccccc4c3=O)C2)c2ccn(SI)c12. The minimum Gasteiger partial charge on any atom is -0.369 e. The van der Waals surface area contributed by atoms with Crippen molar-refractivity contribution >= 4 is 57.8 Å². The molecule has 1 saturated heterocycles. The van der Waals surface area contributed by atoms with E-state index in [-0.39, 0.29) is 11.6 Å². The number of aromatic nitrogens is 3. The number of rotatable bonds is 3. The fourth-order valence-electron chi connectivity index (χ4n) is 4.38. The largest absolute Gasteiger partial charge is 0.369 e. The highest BCUT2D eigenvalue weighted by molar-refractivity contribution is 14.2. The Morgan fingerprint density at radius 1 is 1.17 bits per heavy atom. The maximum Gasteiger partial charge on any atom is 0.261 e. The Morgan fingerprint density at radius 2 is 2.03 bits per heavy atom. The number of fused-ring (bicyclic) bond motifs is 2. The third kappa shape index (κ3) is 3.17. The first-order valence-corrected chi connectivity index (χ1v) is 13.1. The summed E-state index contributed by atoms with van der Waals surface area (Å²) in [6, 6.07) is 15.9. The molecule has 6 nitrogen and oxygen atoms in total. The number of piperidine rings is 1. The third-order valence-corrected chi connectivity index (χ3v) is 7.53. The van der Waals surface area contributed by atoms with Gasteiger partial charge in [-0.05, 0) is 43.2 Å². The van der Waals surface area contributed by atoms with Crippen LogP contribution in [0.25, 0.3) is 21.8 Å². The van der Waals surface area contributed by atoms with E-state index in [4.69, 9.17) is 0 Å². The van der Waals surface area contributed by atoms with Crippen LogP contribution in [0.4, 0.5) is 5.69 Å². The van der Waals surface area contributed by atoms with Crippen LogP contribution in [0.5, 0.6) is 0 Å². The standard InChI is InChI=1S/C22H18IN5OS/c23-30-28-11-9-18-20(8-7-15(12-24)21(18)28)26-10-3-4-16(13-26)27-14-25-19-6-2-1-5-17(19)22(27)29/h1-2,5-9,11,14,16H,3-4,10,13H2/t16-/m1/s1. The average molecular weight is 527 g/mol. The smallest absolute Gasteiger partial charge is 0.261 e. The van der Waals surface area contributed by atoms with E-state index in [0.29, 0.717) is 10.9 Å². The van der Waals surface area contributed by atoms with E-state index in [0.717, 1.165) is 48.0 Å². The van der Waals surface area contributed by atoms with Gasteiger partial charge in [0.2, 0.25) is 0 Å². The zero-order chi connectivity index (χ0) is 20.7. The van der Waals surface area contributed by atoms with Gasteiger partial charge in [-0.1, -0.05) is 12.1 Å². The fraction of sp³-hybridized carbons (Fsp3) is 0.227. The molecule has 0 N–H and O–H groups in total. The van der Waals surface area contributed by atoms with Crippen molar-refractivity contribution in [3.8, 4) is 6.07 Å². The van der Waals surface area contributed by atoms with Crippen LogP contribution >= 0.6 is 30.3 Å². The summed E-state index contributed by atoms with van der Waals surface area (Å²) >= 11 is 2.23. The van der Waals surface area contributed by atoms with Crippen molar-refractivity contribution in [1.29, 1.82) is 5.26 Å². The van der Waals surface area contributed by atoms with Gasteiger partial charge >= 0.3 is 0 Å². The molecule has 1 fully saturated rings. The fourth-order valence-corrected chi connectivity index (χ4v) is 5.74. The number of hydrogen-bond donors (Lipinski definition) is 0. The summed E-state index contributed by atoms with van der Waals surface area (Å²) in [6.45, 7) is 1.67. The van der Waals surface area contributed by atoms with Crippen molar-refractivity contribution in [2.45, 2.75) is 18.9 Å². The molecule has 2 aromatic carbocycles. The highest BCUT2D eigenvalue weighted by atomic mass is 127. The van der Waals surface area contributed by atoms with Gasteiger partial charge in [0, 0.05) is 60.7 Å². The average Bonchev–Trinajstić information content (AvgIpc) is 3.23. The second kappa shape index (κ2) is 7.96. The summed E-state index contributed by atoms with van der Waals surface area (Å²) in [4.78, 5) is 19.9. The van der Waals surface area contributed by atoms with Crippen molar-refractivity contribution in [1.82, 2.24) is 13.5 Å². The minimum absolute atomic E-state index is 0.0184. The molecule has 5 rings (SSSR count). The molecule has 0 bridgehead atoms. The lowest BCUT2D eigenvalue weighted by atomic mass is 10.0. The summed E-state index contributed by atoms with van der Waals surface area (Å²) in [5.41, 5.74) is 3.48. The van der Waals surface area contributed by atoms with E-state index in [2.05, 4.69) is 43.2 Å². The summed E-state index contributed by atoms with van der Waals surface area (Å²) in [5.74, 6) is 0. The van der Waals surface area contributed by atoms with Crippen LogP contribution in [0.2, 0.25) is 0 Å². The molecule has 0 spiro atoms. The van der Waals surface area contributed by atoms with Crippen LogP contribution in [-0.2, 0) is 0 Å². The molecule has 0 radical (unpaired) electrons. The molecular formula is C22H18IN5OS. The maximum absolute atomic E-state index is 13.1. The van der Waals surface area contributed by atoms with Gasteiger partial charge in [-0.15, -0.1) is 0 Å². The lowest BCUT2D eigenvalue weighted by molar-refractivity contribution is 0.395. The van der Waals surface area contributed by atoms with Gasteiger partial charge in [-0.3, -0.25) is 13.3 Å². The Bertz CT molecular complexity index is 1360. The molecule has 8 heteroatoms. The first-order valence-electron chi connectivity index (χ1n) is 9.75. The Balaban J connectivity index is 1.54. The Labute approximate surface area is 189 Å². The monoisotopic (exact) mass is 527 g/mol. The minimum atomic E-state index is 0.0184. The Kier molecular flexibility index (Phi) is 5.16. The Morgan fingerprint density at radius 3 is 2.87 bits per heavy atom. The number of benzene rings is 2. The van der Waals surface area contributed by atoms with Gasteiger partial charge in [-0.25, -0.2) is 4.98 Å². The first kappa shape index (κ1) is 19.5. The molecule has 150 valence electrons. The van der Waals surface area contributed by atoms with E-state index >= 15 is 0 Å². The predicted molar refractivity (Wildman–Crippen MR) is 130 cm³/mol. The van der Waals surface area contributed by atoms with Crippen LogP contribution in [0.3, 0.4) is 0 Å². The molecule has 3 heterocycles. The Hall–Kier alpha value is -2.51. The molecule has 1 aliphatic heterocycles. The van der Waals surface area contributed by atoms with Crippen molar-refractivity contribution < 1.29 is 0 Å². The second-order valence-electron chi connectivity index (χ2n) is 7.43. The molecule has 30 heavy (non-hydrogen) atoms. The molecule has 0 saturated carbocycles. The summed E-state index contributed by atoms with van der Waals surface area (Å²) in [6.07, 6.45) is 5.63. The number of para-hydroxylation sites is 1. The van der Waals surface area contributed by atoms with Crippen LogP contribution < -0.4 is 10.5 Å². The highest BCUT2D eigenvalue weighted by Crippen LogP contribution is 2.36. The van der Waals surface area contributed by atoms with Crippen molar-refractivity contribution in [3.63, 3.8) is 0 Å². The van der Waals surface area contributed by atoms with Gasteiger partial charge in [0.25, 0.3) is 5.56 Å². The number of hydrogen-bond acceptors (Lipinski definition) is 5. The lowest BCUT2D eigenvalue weighted by Crippen LogP contribution is -2.40. The van der Waals surface area contributed by atoms with E-state index in [9.17, 15) is 10.1 Å². The lowest BCUT2D eigenvalue weighted by Gasteiger charge is -2.35. The quantitative estimate of drug-likeness (QED) is 0.355. The molecule has 0 aliphatic carbocycles.